The standard InChI is InChI=1S/C21H19ClN4O2S/c1-11-9-26(10-12(2)23-11)17-7-6-13-8-14(21(27)28-19(13)24-17)20-25-18-15(22)4-3-5-16(18)29-20/h3-8,11-12,23H,9-10H2,1-2H3. The number of hydrogen-bond acceptors (Lipinski definition) is 7. The maximum Gasteiger partial charge on any atom is 0.347 e. The number of fused-ring (bicyclic) bond motifs is 2. The predicted molar refractivity (Wildman–Crippen MR) is 118 cm³/mol. The Labute approximate surface area is 176 Å². The van der Waals surface area contributed by atoms with E-state index in [0.29, 0.717) is 38.9 Å². The number of hydrogen-bond donors (Lipinski definition) is 1. The molecule has 0 spiro atoms. The molecule has 6 nitrogen and oxygen atoms in total. The number of nitrogens with zero attached hydrogens (tertiary/aromatic N) is 3. The summed E-state index contributed by atoms with van der Waals surface area (Å²) >= 11 is 7.65. The molecule has 8 heteroatoms. The number of rotatable bonds is 2. The van der Waals surface area contributed by atoms with Crippen LogP contribution in [-0.4, -0.2) is 35.1 Å². The van der Waals surface area contributed by atoms with E-state index in [1.165, 1.54) is 11.3 Å². The summed E-state index contributed by atoms with van der Waals surface area (Å²) in [5.74, 6) is 0.820. The molecule has 0 amide bonds. The molecule has 5 rings (SSSR count). The maximum atomic E-state index is 12.7. The third kappa shape index (κ3) is 3.39. The molecule has 1 aliphatic heterocycles. The van der Waals surface area contributed by atoms with Crippen LogP contribution in [0.15, 0.2) is 45.6 Å². The van der Waals surface area contributed by atoms with Crippen molar-refractivity contribution in [2.45, 2.75) is 25.9 Å². The highest BCUT2D eigenvalue weighted by Gasteiger charge is 2.22. The van der Waals surface area contributed by atoms with Gasteiger partial charge >= 0.3 is 5.63 Å². The second-order valence-electron chi connectivity index (χ2n) is 7.49. The van der Waals surface area contributed by atoms with Gasteiger partial charge in [-0.3, -0.25) is 0 Å². The van der Waals surface area contributed by atoms with Gasteiger partial charge in [-0.1, -0.05) is 17.7 Å². The lowest BCUT2D eigenvalue weighted by molar-refractivity contribution is 0.405. The van der Waals surface area contributed by atoms with Gasteiger partial charge in [-0.05, 0) is 44.2 Å². The smallest absolute Gasteiger partial charge is 0.347 e. The number of halogens is 1. The second-order valence-corrected chi connectivity index (χ2v) is 8.93. The number of piperazine rings is 1. The number of benzene rings is 1. The maximum absolute atomic E-state index is 12.7. The van der Waals surface area contributed by atoms with Gasteiger partial charge in [0.15, 0.2) is 0 Å². The lowest BCUT2D eigenvalue weighted by Gasteiger charge is -2.36. The highest BCUT2D eigenvalue weighted by Crippen LogP contribution is 2.33. The normalized spacial score (nSPS) is 19.9. The fourth-order valence-corrected chi connectivity index (χ4v) is 5.13. The minimum atomic E-state index is -0.445. The van der Waals surface area contributed by atoms with Crippen molar-refractivity contribution in [1.82, 2.24) is 15.3 Å². The molecule has 1 N–H and O–H groups in total. The van der Waals surface area contributed by atoms with E-state index in [0.717, 1.165) is 29.0 Å². The summed E-state index contributed by atoms with van der Waals surface area (Å²) in [7, 11) is 0. The van der Waals surface area contributed by atoms with Gasteiger partial charge in [0.05, 0.1) is 15.3 Å². The van der Waals surface area contributed by atoms with Crippen molar-refractivity contribution in [2.75, 3.05) is 18.0 Å². The van der Waals surface area contributed by atoms with E-state index in [1.807, 2.05) is 24.3 Å². The molecule has 148 valence electrons. The molecule has 1 aromatic carbocycles. The first-order valence-electron chi connectivity index (χ1n) is 9.49. The first kappa shape index (κ1) is 18.5. The van der Waals surface area contributed by atoms with Crippen LogP contribution >= 0.6 is 22.9 Å². The summed E-state index contributed by atoms with van der Waals surface area (Å²) in [5, 5.41) is 5.44. The van der Waals surface area contributed by atoms with Crippen LogP contribution in [0, 0.1) is 0 Å². The molecule has 0 aliphatic carbocycles. The molecular formula is C21H19ClN4O2S. The molecule has 4 heterocycles. The van der Waals surface area contributed by atoms with Crippen molar-refractivity contribution in [3.63, 3.8) is 0 Å². The van der Waals surface area contributed by atoms with E-state index in [1.54, 1.807) is 12.1 Å². The average molecular weight is 427 g/mol. The molecule has 2 atom stereocenters. The minimum Gasteiger partial charge on any atom is -0.403 e. The van der Waals surface area contributed by atoms with E-state index in [-0.39, 0.29) is 0 Å². The van der Waals surface area contributed by atoms with Gasteiger partial charge in [0.1, 0.15) is 16.3 Å². The van der Waals surface area contributed by atoms with Gasteiger partial charge in [-0.25, -0.2) is 9.78 Å². The molecule has 0 saturated carbocycles. The van der Waals surface area contributed by atoms with Crippen LogP contribution in [0.1, 0.15) is 13.8 Å². The molecule has 0 bridgehead atoms. The van der Waals surface area contributed by atoms with Gasteiger partial charge in [0.2, 0.25) is 5.71 Å². The van der Waals surface area contributed by atoms with E-state index in [2.05, 4.69) is 34.0 Å². The zero-order chi connectivity index (χ0) is 20.1. The summed E-state index contributed by atoms with van der Waals surface area (Å²) in [4.78, 5) is 24.1. The molecule has 2 unspecified atom stereocenters. The van der Waals surface area contributed by atoms with Gasteiger partial charge in [0, 0.05) is 30.6 Å². The van der Waals surface area contributed by atoms with E-state index in [4.69, 9.17) is 16.0 Å². The Kier molecular flexibility index (Phi) is 4.53. The predicted octanol–water partition coefficient (Wildman–Crippen LogP) is 4.30. The molecule has 1 saturated heterocycles. The fourth-order valence-electron chi connectivity index (χ4n) is 3.86. The lowest BCUT2D eigenvalue weighted by atomic mass is 10.1. The Balaban J connectivity index is 1.56. The van der Waals surface area contributed by atoms with Crippen LogP contribution in [-0.2, 0) is 0 Å². The van der Waals surface area contributed by atoms with Crippen LogP contribution in [0.25, 0.3) is 31.9 Å². The SMILES string of the molecule is CC1CN(c2ccc3cc(-c4nc5c(Cl)cccc5s4)c(=O)oc3n2)CC(C)N1. The summed E-state index contributed by atoms with van der Waals surface area (Å²) in [5.41, 5.74) is 1.02. The minimum absolute atomic E-state index is 0.342. The van der Waals surface area contributed by atoms with Gasteiger partial charge in [0.25, 0.3) is 0 Å². The molecule has 0 radical (unpaired) electrons. The van der Waals surface area contributed by atoms with Gasteiger partial charge in [-0.2, -0.15) is 4.98 Å². The zero-order valence-electron chi connectivity index (χ0n) is 16.0. The number of aromatic nitrogens is 2. The number of para-hydroxylation sites is 1. The van der Waals surface area contributed by atoms with E-state index in [9.17, 15) is 4.79 Å². The third-order valence-corrected chi connectivity index (χ3v) is 6.42. The Morgan fingerprint density at radius 3 is 2.72 bits per heavy atom. The summed E-state index contributed by atoms with van der Waals surface area (Å²) in [6.07, 6.45) is 0. The lowest BCUT2D eigenvalue weighted by Crippen LogP contribution is -2.54. The average Bonchev–Trinajstić information content (AvgIpc) is 3.11. The number of pyridine rings is 1. The molecular weight excluding hydrogens is 408 g/mol. The number of nitrogens with one attached hydrogen (secondary N) is 1. The first-order chi connectivity index (χ1) is 14.0. The van der Waals surface area contributed by atoms with Crippen molar-refractivity contribution in [3.05, 3.63) is 51.8 Å². The molecule has 4 aromatic rings. The van der Waals surface area contributed by atoms with Crippen LogP contribution < -0.4 is 15.8 Å². The van der Waals surface area contributed by atoms with Crippen molar-refractivity contribution < 1.29 is 4.42 Å². The summed E-state index contributed by atoms with van der Waals surface area (Å²) in [6.45, 7) is 6.02. The Morgan fingerprint density at radius 1 is 1.17 bits per heavy atom. The largest absolute Gasteiger partial charge is 0.403 e. The first-order valence-corrected chi connectivity index (χ1v) is 10.7. The summed E-state index contributed by atoms with van der Waals surface area (Å²) in [6, 6.07) is 12.1. The van der Waals surface area contributed by atoms with Crippen LogP contribution in [0.4, 0.5) is 5.82 Å². The van der Waals surface area contributed by atoms with Crippen molar-refractivity contribution in [3.8, 4) is 10.6 Å². The quantitative estimate of drug-likeness (QED) is 0.515. The van der Waals surface area contributed by atoms with Crippen LogP contribution in [0.2, 0.25) is 5.02 Å². The zero-order valence-corrected chi connectivity index (χ0v) is 17.5. The molecule has 1 aliphatic rings. The Bertz CT molecular complexity index is 1270. The molecule has 29 heavy (non-hydrogen) atoms. The van der Waals surface area contributed by atoms with Crippen molar-refractivity contribution in [2.24, 2.45) is 0 Å². The fraction of sp³-hybridized carbons (Fsp3) is 0.286. The Hall–Kier alpha value is -2.48. The highest BCUT2D eigenvalue weighted by molar-refractivity contribution is 7.21. The van der Waals surface area contributed by atoms with Crippen molar-refractivity contribution in [1.29, 1.82) is 0 Å². The summed E-state index contributed by atoms with van der Waals surface area (Å²) < 4.78 is 6.52. The van der Waals surface area contributed by atoms with Crippen LogP contribution in [0.3, 0.4) is 0 Å². The molecule has 3 aromatic heterocycles. The molecule has 1 fully saturated rings. The van der Waals surface area contributed by atoms with Crippen LogP contribution in [0.5, 0.6) is 0 Å². The van der Waals surface area contributed by atoms with E-state index >= 15 is 0 Å². The number of anilines is 1. The highest BCUT2D eigenvalue weighted by atomic mass is 35.5. The van der Waals surface area contributed by atoms with Gasteiger partial charge in [-0.15, -0.1) is 11.3 Å². The monoisotopic (exact) mass is 426 g/mol. The second kappa shape index (κ2) is 7.09. The number of thiazole rings is 1. The van der Waals surface area contributed by atoms with Gasteiger partial charge < -0.3 is 14.6 Å². The van der Waals surface area contributed by atoms with Crippen molar-refractivity contribution >= 4 is 50.1 Å². The van der Waals surface area contributed by atoms with E-state index < -0.39 is 5.63 Å². The Morgan fingerprint density at radius 2 is 1.97 bits per heavy atom. The topological polar surface area (TPSA) is 71.3 Å². The third-order valence-electron chi connectivity index (χ3n) is 5.07.